The lowest BCUT2D eigenvalue weighted by atomic mass is 10.1. The lowest BCUT2D eigenvalue weighted by molar-refractivity contribution is -0.631. The average Bonchev–Trinajstić information content (AvgIpc) is 3.02. The minimum atomic E-state index is 1.12. The molecular weight excluding hydrogens is 284 g/mol. The van der Waals surface area contributed by atoms with Crippen molar-refractivity contribution in [3.05, 3.63) is 47.5 Å². The van der Waals surface area contributed by atoms with Gasteiger partial charge in [0.05, 0.1) is 9.58 Å². The Morgan fingerprint density at radius 2 is 2.00 bits per heavy atom. The molecule has 98 valence electrons. The van der Waals surface area contributed by atoms with E-state index in [0.29, 0.717) is 0 Å². The molecule has 0 fully saturated rings. The third kappa shape index (κ3) is 1.62. The van der Waals surface area contributed by atoms with E-state index in [1.807, 2.05) is 17.5 Å². The van der Waals surface area contributed by atoms with E-state index in [1.54, 1.807) is 11.3 Å². The monoisotopic (exact) mass is 297 g/mol. The molecule has 0 saturated heterocycles. The second-order valence-corrected chi connectivity index (χ2v) is 7.07. The molecule has 0 spiro atoms. The standard InChI is InChI=1S/C16H13N2S2/c1-10-5-3-4-6-11(10)13-9-17-14-12-7-8-19-16(12)20-15(14)18(13)2/h3-9H,1-2H3/q+1. The number of hydrogen-bond acceptors (Lipinski definition) is 3. The smallest absolute Gasteiger partial charge is 0.241 e. The Morgan fingerprint density at radius 3 is 2.85 bits per heavy atom. The molecule has 4 rings (SSSR count). The van der Waals surface area contributed by atoms with E-state index in [2.05, 4.69) is 54.3 Å². The van der Waals surface area contributed by atoms with Crippen LogP contribution in [0.4, 0.5) is 0 Å². The second kappa shape index (κ2) is 4.36. The predicted octanol–water partition coefficient (Wildman–Crippen LogP) is 4.31. The minimum Gasteiger partial charge on any atom is -0.241 e. The Balaban J connectivity index is 2.06. The van der Waals surface area contributed by atoms with Crippen LogP contribution in [0.2, 0.25) is 0 Å². The molecule has 2 nitrogen and oxygen atoms in total. The summed E-state index contributed by atoms with van der Waals surface area (Å²) in [6.07, 6.45) is 1.99. The van der Waals surface area contributed by atoms with Crippen molar-refractivity contribution < 1.29 is 4.57 Å². The molecule has 0 unspecified atom stereocenters. The quantitative estimate of drug-likeness (QED) is 0.478. The van der Waals surface area contributed by atoms with Gasteiger partial charge in [-0.15, -0.1) is 11.3 Å². The first-order valence-electron chi connectivity index (χ1n) is 6.46. The van der Waals surface area contributed by atoms with Crippen molar-refractivity contribution in [1.82, 2.24) is 4.98 Å². The molecule has 0 radical (unpaired) electrons. The highest BCUT2D eigenvalue weighted by molar-refractivity contribution is 7.40. The molecule has 0 atom stereocenters. The zero-order valence-electron chi connectivity index (χ0n) is 11.3. The van der Waals surface area contributed by atoms with Gasteiger partial charge in [-0.3, -0.25) is 0 Å². The fourth-order valence-electron chi connectivity index (χ4n) is 2.59. The molecule has 0 aliphatic rings. The summed E-state index contributed by atoms with van der Waals surface area (Å²) < 4.78 is 3.62. The summed E-state index contributed by atoms with van der Waals surface area (Å²) in [5.74, 6) is 0. The molecule has 0 saturated carbocycles. The van der Waals surface area contributed by atoms with Gasteiger partial charge in [-0.2, -0.15) is 4.57 Å². The van der Waals surface area contributed by atoms with Gasteiger partial charge < -0.3 is 0 Å². The van der Waals surface area contributed by atoms with Crippen LogP contribution < -0.4 is 4.57 Å². The Morgan fingerprint density at radius 1 is 1.15 bits per heavy atom. The number of nitrogens with zero attached hydrogens (tertiary/aromatic N) is 2. The molecule has 0 bridgehead atoms. The topological polar surface area (TPSA) is 16.8 Å². The maximum atomic E-state index is 4.72. The highest BCUT2D eigenvalue weighted by atomic mass is 32.2. The first-order valence-corrected chi connectivity index (χ1v) is 8.16. The molecule has 20 heavy (non-hydrogen) atoms. The van der Waals surface area contributed by atoms with Gasteiger partial charge in [0.1, 0.15) is 13.2 Å². The number of benzene rings is 1. The van der Waals surface area contributed by atoms with Crippen LogP contribution in [-0.4, -0.2) is 4.98 Å². The van der Waals surface area contributed by atoms with Crippen molar-refractivity contribution in [2.75, 3.05) is 0 Å². The van der Waals surface area contributed by atoms with Crippen molar-refractivity contribution >= 4 is 42.4 Å². The fraction of sp³-hybridized carbons (Fsp3) is 0.125. The van der Waals surface area contributed by atoms with Gasteiger partial charge in [0.25, 0.3) is 4.83 Å². The van der Waals surface area contributed by atoms with Crippen molar-refractivity contribution in [3.8, 4) is 11.3 Å². The van der Waals surface area contributed by atoms with Crippen LogP contribution in [0, 0.1) is 6.92 Å². The number of rotatable bonds is 1. The normalized spacial score (nSPS) is 11.5. The number of hydrogen-bond donors (Lipinski definition) is 0. The van der Waals surface area contributed by atoms with Gasteiger partial charge in [-0.05, 0) is 30.0 Å². The molecule has 1 aromatic carbocycles. The SMILES string of the molecule is Cc1ccccc1-c1cnc2c3ccsc3sc2[n+]1C. The van der Waals surface area contributed by atoms with Crippen molar-refractivity contribution in [1.29, 1.82) is 0 Å². The summed E-state index contributed by atoms with van der Waals surface area (Å²) in [6, 6.07) is 10.6. The lowest BCUT2D eigenvalue weighted by Crippen LogP contribution is -2.31. The van der Waals surface area contributed by atoms with Crippen LogP contribution in [0.3, 0.4) is 0 Å². The average molecular weight is 297 g/mol. The third-order valence-electron chi connectivity index (χ3n) is 3.68. The Bertz CT molecular complexity index is 934. The minimum absolute atomic E-state index is 1.12. The molecule has 3 heterocycles. The van der Waals surface area contributed by atoms with E-state index in [9.17, 15) is 0 Å². The molecule has 3 aromatic heterocycles. The Kier molecular flexibility index (Phi) is 2.62. The number of fused-ring (bicyclic) bond motifs is 3. The van der Waals surface area contributed by atoms with Crippen LogP contribution in [0.5, 0.6) is 0 Å². The van der Waals surface area contributed by atoms with E-state index in [0.717, 1.165) is 5.52 Å². The largest absolute Gasteiger partial charge is 0.289 e. The highest BCUT2D eigenvalue weighted by Gasteiger charge is 2.20. The van der Waals surface area contributed by atoms with Gasteiger partial charge in [-0.25, -0.2) is 4.98 Å². The summed E-state index contributed by atoms with van der Waals surface area (Å²) in [6.45, 7) is 2.15. The molecular formula is C16H13N2S2+. The zero-order chi connectivity index (χ0) is 13.7. The first-order chi connectivity index (χ1) is 9.75. The summed E-state index contributed by atoms with van der Waals surface area (Å²) in [4.78, 5) is 5.96. The van der Waals surface area contributed by atoms with Gasteiger partial charge in [0, 0.05) is 5.39 Å². The van der Waals surface area contributed by atoms with Crippen LogP contribution in [-0.2, 0) is 7.05 Å². The van der Waals surface area contributed by atoms with Crippen molar-refractivity contribution in [2.24, 2.45) is 7.05 Å². The summed E-state index contributed by atoms with van der Waals surface area (Å²) in [5.41, 5.74) is 4.82. The summed E-state index contributed by atoms with van der Waals surface area (Å²) in [5, 5.41) is 3.42. The lowest BCUT2D eigenvalue weighted by Gasteiger charge is -2.03. The number of aromatic nitrogens is 2. The van der Waals surface area contributed by atoms with Gasteiger partial charge >= 0.3 is 0 Å². The van der Waals surface area contributed by atoms with E-state index in [-0.39, 0.29) is 0 Å². The van der Waals surface area contributed by atoms with Crippen molar-refractivity contribution in [3.63, 3.8) is 0 Å². The van der Waals surface area contributed by atoms with Gasteiger partial charge in [-0.1, -0.05) is 29.5 Å². The van der Waals surface area contributed by atoms with E-state index in [4.69, 9.17) is 4.98 Å². The Labute approximate surface area is 125 Å². The number of aryl methyl sites for hydroxylation is 2. The van der Waals surface area contributed by atoms with Gasteiger partial charge in [0.15, 0.2) is 5.52 Å². The summed E-state index contributed by atoms with van der Waals surface area (Å²) in [7, 11) is 2.13. The maximum Gasteiger partial charge on any atom is 0.289 e. The molecule has 4 aromatic rings. The summed E-state index contributed by atoms with van der Waals surface area (Å²) >= 11 is 3.62. The van der Waals surface area contributed by atoms with Crippen LogP contribution in [0.1, 0.15) is 5.56 Å². The molecule has 0 N–H and O–H groups in total. The number of thiophene rings is 2. The van der Waals surface area contributed by atoms with E-state index >= 15 is 0 Å². The second-order valence-electron chi connectivity index (χ2n) is 4.89. The molecule has 0 aliphatic heterocycles. The van der Waals surface area contributed by atoms with Crippen LogP contribution in [0.15, 0.2) is 41.9 Å². The van der Waals surface area contributed by atoms with Crippen LogP contribution >= 0.6 is 22.7 Å². The predicted molar refractivity (Wildman–Crippen MR) is 86.4 cm³/mol. The molecule has 0 amide bonds. The zero-order valence-corrected chi connectivity index (χ0v) is 12.9. The molecule has 4 heteroatoms. The Hall–Kier alpha value is -1.78. The fourth-order valence-corrected chi connectivity index (χ4v) is 4.75. The van der Waals surface area contributed by atoms with E-state index in [1.165, 1.54) is 31.1 Å². The molecule has 0 aliphatic carbocycles. The van der Waals surface area contributed by atoms with Crippen LogP contribution in [0.25, 0.3) is 31.0 Å². The highest BCUT2D eigenvalue weighted by Crippen LogP contribution is 2.35. The third-order valence-corrected chi connectivity index (χ3v) is 5.99. The maximum absolute atomic E-state index is 4.72. The van der Waals surface area contributed by atoms with E-state index < -0.39 is 0 Å². The van der Waals surface area contributed by atoms with Gasteiger partial charge in [0.2, 0.25) is 5.69 Å². The van der Waals surface area contributed by atoms with Crippen molar-refractivity contribution in [2.45, 2.75) is 6.92 Å². The first kappa shape index (κ1) is 12.0.